The quantitative estimate of drug-likeness (QED) is 0.634. The Hall–Kier alpha value is -2.76. The summed E-state index contributed by atoms with van der Waals surface area (Å²) in [6.45, 7) is 7.07. The van der Waals surface area contributed by atoms with Gasteiger partial charge in [-0.15, -0.1) is 0 Å². The van der Waals surface area contributed by atoms with Crippen LogP contribution in [0.1, 0.15) is 43.6 Å². The van der Waals surface area contributed by atoms with Crippen LogP contribution < -0.4 is 10.1 Å². The van der Waals surface area contributed by atoms with Crippen LogP contribution >= 0.6 is 0 Å². The minimum atomic E-state index is -3.82. The Balaban J connectivity index is 1.82. The Bertz CT molecular complexity index is 1200. The second kappa shape index (κ2) is 9.85. The molecule has 0 atom stereocenters. The maximum absolute atomic E-state index is 13.6. The van der Waals surface area contributed by atoms with Gasteiger partial charge in [0.2, 0.25) is 21.8 Å². The number of amides is 1. The first kappa shape index (κ1) is 24.4. The van der Waals surface area contributed by atoms with Crippen LogP contribution in [0.25, 0.3) is 11.1 Å². The van der Waals surface area contributed by atoms with Gasteiger partial charge in [-0.25, -0.2) is 8.42 Å². The maximum atomic E-state index is 13.6. The first-order valence-corrected chi connectivity index (χ1v) is 13.1. The molecule has 0 aliphatic carbocycles. The summed E-state index contributed by atoms with van der Waals surface area (Å²) in [7, 11) is -2.38. The molecular formula is C23H31N5O5S. The second-order valence-electron chi connectivity index (χ2n) is 8.48. The Morgan fingerprint density at radius 1 is 1.09 bits per heavy atom. The van der Waals surface area contributed by atoms with Crippen molar-refractivity contribution in [2.75, 3.05) is 45.2 Å². The van der Waals surface area contributed by atoms with Crippen molar-refractivity contribution in [3.8, 4) is 16.9 Å². The van der Waals surface area contributed by atoms with Gasteiger partial charge in [0, 0.05) is 44.6 Å². The molecule has 11 heteroatoms. The molecule has 0 unspecified atom stereocenters. The first-order chi connectivity index (χ1) is 16.3. The van der Waals surface area contributed by atoms with Crippen LogP contribution in [0.3, 0.4) is 0 Å². The molecular weight excluding hydrogens is 458 g/mol. The van der Waals surface area contributed by atoms with E-state index in [0.29, 0.717) is 55.2 Å². The molecule has 10 nitrogen and oxygen atoms in total. The van der Waals surface area contributed by atoms with Gasteiger partial charge in [-0.1, -0.05) is 26.3 Å². The molecule has 2 aromatic rings. The van der Waals surface area contributed by atoms with Gasteiger partial charge in [0.15, 0.2) is 0 Å². The van der Waals surface area contributed by atoms with Gasteiger partial charge in [0.1, 0.15) is 16.5 Å². The van der Waals surface area contributed by atoms with Crippen molar-refractivity contribution in [2.45, 2.75) is 44.4 Å². The third kappa shape index (κ3) is 4.47. The largest absolute Gasteiger partial charge is 0.495 e. The predicted molar refractivity (Wildman–Crippen MR) is 128 cm³/mol. The summed E-state index contributed by atoms with van der Waals surface area (Å²) >= 11 is 0. The van der Waals surface area contributed by atoms with E-state index in [2.05, 4.69) is 22.2 Å². The fourth-order valence-corrected chi connectivity index (χ4v) is 6.06. The van der Waals surface area contributed by atoms with Crippen molar-refractivity contribution >= 4 is 27.7 Å². The normalized spacial score (nSPS) is 17.9. The number of fused-ring (bicyclic) bond motifs is 1. The lowest BCUT2D eigenvalue weighted by molar-refractivity contribution is -0.116. The van der Waals surface area contributed by atoms with Gasteiger partial charge in [-0.2, -0.15) is 14.1 Å². The van der Waals surface area contributed by atoms with Crippen molar-refractivity contribution < 1.29 is 22.7 Å². The van der Waals surface area contributed by atoms with E-state index < -0.39 is 10.0 Å². The van der Waals surface area contributed by atoms with Crippen molar-refractivity contribution in [3.63, 3.8) is 0 Å². The van der Waals surface area contributed by atoms with Crippen molar-refractivity contribution in [2.24, 2.45) is 0 Å². The SMILES string of the molecule is CCCc1nn2c(c1-c1ccc(OC)c(S(=O)(=O)N3CCN(CC)CC3)c1)NC(=O)CCC2=O. The molecule has 1 aromatic carbocycles. The number of sulfonamides is 1. The van der Waals surface area contributed by atoms with E-state index >= 15 is 0 Å². The molecule has 184 valence electrons. The molecule has 0 radical (unpaired) electrons. The number of nitrogens with one attached hydrogen (secondary N) is 1. The molecule has 1 saturated heterocycles. The number of methoxy groups -OCH3 is 1. The lowest BCUT2D eigenvalue weighted by Crippen LogP contribution is -2.48. The van der Waals surface area contributed by atoms with Gasteiger partial charge in [0.05, 0.1) is 12.8 Å². The van der Waals surface area contributed by atoms with Crippen LogP contribution in [0.2, 0.25) is 0 Å². The number of anilines is 1. The zero-order valence-corrected chi connectivity index (χ0v) is 20.7. The number of carbonyl (C=O) groups excluding carboxylic acids is 2. The lowest BCUT2D eigenvalue weighted by Gasteiger charge is -2.33. The fourth-order valence-electron chi connectivity index (χ4n) is 4.45. The van der Waals surface area contributed by atoms with Crippen LogP contribution in [0.4, 0.5) is 5.82 Å². The molecule has 0 saturated carbocycles. The monoisotopic (exact) mass is 489 g/mol. The first-order valence-electron chi connectivity index (χ1n) is 11.7. The molecule has 34 heavy (non-hydrogen) atoms. The van der Waals surface area contributed by atoms with E-state index in [4.69, 9.17) is 4.74 Å². The Morgan fingerprint density at radius 2 is 1.82 bits per heavy atom. The number of likely N-dealkylation sites (N-methyl/N-ethyl adjacent to an activating group) is 1. The molecule has 1 N–H and O–H groups in total. The summed E-state index contributed by atoms with van der Waals surface area (Å²) in [5.74, 6) is -0.00309. The van der Waals surface area contributed by atoms with Crippen LogP contribution in [0.5, 0.6) is 5.75 Å². The van der Waals surface area contributed by atoms with E-state index in [1.165, 1.54) is 16.1 Å². The van der Waals surface area contributed by atoms with E-state index in [1.807, 2.05) is 6.92 Å². The minimum Gasteiger partial charge on any atom is -0.495 e. The molecule has 1 amide bonds. The number of aryl methyl sites for hydroxylation is 1. The van der Waals surface area contributed by atoms with Crippen LogP contribution in [0, 0.1) is 0 Å². The van der Waals surface area contributed by atoms with Gasteiger partial charge >= 0.3 is 0 Å². The highest BCUT2D eigenvalue weighted by molar-refractivity contribution is 7.89. The number of aromatic nitrogens is 2. The number of hydrogen-bond acceptors (Lipinski definition) is 7. The van der Waals surface area contributed by atoms with E-state index in [-0.39, 0.29) is 35.3 Å². The maximum Gasteiger partial charge on any atom is 0.249 e. The van der Waals surface area contributed by atoms with Gasteiger partial charge in [0.25, 0.3) is 0 Å². The Morgan fingerprint density at radius 3 is 2.47 bits per heavy atom. The number of nitrogens with zero attached hydrogens (tertiary/aromatic N) is 4. The molecule has 0 spiro atoms. The highest BCUT2D eigenvalue weighted by Crippen LogP contribution is 2.38. The van der Waals surface area contributed by atoms with E-state index in [9.17, 15) is 18.0 Å². The summed E-state index contributed by atoms with van der Waals surface area (Å²) in [5, 5.41) is 7.29. The summed E-state index contributed by atoms with van der Waals surface area (Å²) < 4.78 is 35.4. The highest BCUT2D eigenvalue weighted by Gasteiger charge is 2.32. The van der Waals surface area contributed by atoms with Gasteiger partial charge in [-0.05, 0) is 30.7 Å². The average Bonchev–Trinajstić information content (AvgIpc) is 3.13. The summed E-state index contributed by atoms with van der Waals surface area (Å²) in [6, 6.07) is 4.93. The summed E-state index contributed by atoms with van der Waals surface area (Å²) in [4.78, 5) is 27.2. The number of hydrogen-bond donors (Lipinski definition) is 1. The number of carbonyl (C=O) groups is 2. The number of ether oxygens (including phenoxy) is 1. The number of rotatable bonds is 7. The van der Waals surface area contributed by atoms with Crippen molar-refractivity contribution in [1.29, 1.82) is 0 Å². The minimum absolute atomic E-state index is 0.0612. The third-order valence-corrected chi connectivity index (χ3v) is 8.27. The van der Waals surface area contributed by atoms with Crippen molar-refractivity contribution in [1.82, 2.24) is 19.0 Å². The standard InChI is InChI=1S/C23H31N5O5S/c1-4-6-17-22(23-24-20(29)9-10-21(30)28(23)25-17)16-7-8-18(33-3)19(15-16)34(31,32)27-13-11-26(5-2)12-14-27/h7-8,15H,4-6,9-14H2,1-3H3,(H,24,29). The fraction of sp³-hybridized carbons (Fsp3) is 0.522. The predicted octanol–water partition coefficient (Wildman–Crippen LogP) is 2.21. The number of benzene rings is 1. The Kier molecular flexibility index (Phi) is 7.06. The highest BCUT2D eigenvalue weighted by atomic mass is 32.2. The summed E-state index contributed by atoms with van der Waals surface area (Å²) in [5.41, 5.74) is 1.77. The van der Waals surface area contributed by atoms with E-state index in [0.717, 1.165) is 13.0 Å². The molecule has 4 rings (SSSR count). The molecule has 1 fully saturated rings. The van der Waals surface area contributed by atoms with Crippen LogP contribution in [-0.2, 0) is 21.2 Å². The molecule has 1 aromatic heterocycles. The Labute approximate surface area is 199 Å². The molecule has 2 aliphatic rings. The molecule has 0 bridgehead atoms. The van der Waals surface area contributed by atoms with Gasteiger partial charge in [-0.3, -0.25) is 9.59 Å². The van der Waals surface area contributed by atoms with Crippen molar-refractivity contribution in [3.05, 3.63) is 23.9 Å². The average molecular weight is 490 g/mol. The smallest absolute Gasteiger partial charge is 0.249 e. The zero-order chi connectivity index (χ0) is 24.5. The number of piperazine rings is 1. The van der Waals surface area contributed by atoms with Crippen LogP contribution in [-0.4, -0.2) is 79.1 Å². The third-order valence-electron chi connectivity index (χ3n) is 6.35. The van der Waals surface area contributed by atoms with E-state index in [1.54, 1.807) is 18.2 Å². The molecule has 2 aliphatic heterocycles. The summed E-state index contributed by atoms with van der Waals surface area (Å²) in [6.07, 6.45) is 1.49. The molecule has 3 heterocycles. The second-order valence-corrected chi connectivity index (χ2v) is 10.4. The zero-order valence-electron chi connectivity index (χ0n) is 19.8. The van der Waals surface area contributed by atoms with Gasteiger partial charge < -0.3 is 15.0 Å². The lowest BCUT2D eigenvalue weighted by atomic mass is 10.0. The van der Waals surface area contributed by atoms with Crippen LogP contribution in [0.15, 0.2) is 23.1 Å². The topological polar surface area (TPSA) is 114 Å².